The van der Waals surface area contributed by atoms with Crippen LogP contribution in [-0.2, 0) is 0 Å². The summed E-state index contributed by atoms with van der Waals surface area (Å²) in [7, 11) is 0. The van der Waals surface area contributed by atoms with Crippen LogP contribution in [0.1, 0.15) is 5.56 Å². The van der Waals surface area contributed by atoms with Crippen LogP contribution in [0.5, 0.6) is 0 Å². The van der Waals surface area contributed by atoms with E-state index in [0.717, 1.165) is 50.0 Å². The molecule has 0 saturated heterocycles. The second kappa shape index (κ2) is 11.9. The van der Waals surface area contributed by atoms with E-state index in [4.69, 9.17) is 15.7 Å². The van der Waals surface area contributed by atoms with Crippen molar-refractivity contribution in [2.24, 2.45) is 5.73 Å². The highest BCUT2D eigenvalue weighted by atomic mass is 14.9. The number of benzene rings is 7. The second-order valence-electron chi connectivity index (χ2n) is 11.7. The van der Waals surface area contributed by atoms with Crippen LogP contribution in [0.4, 0.5) is 0 Å². The molecule has 47 heavy (non-hydrogen) atoms. The average molecular weight is 602 g/mol. The Morgan fingerprint density at radius 2 is 0.979 bits per heavy atom. The zero-order chi connectivity index (χ0) is 31.7. The Morgan fingerprint density at radius 1 is 0.511 bits per heavy atom. The van der Waals surface area contributed by atoms with Crippen LogP contribution < -0.4 is 5.73 Å². The van der Waals surface area contributed by atoms with Crippen LogP contribution >= 0.6 is 0 Å². The van der Waals surface area contributed by atoms with Gasteiger partial charge in [-0.25, -0.2) is 9.97 Å². The van der Waals surface area contributed by atoms with E-state index < -0.39 is 0 Å². The lowest BCUT2D eigenvalue weighted by Gasteiger charge is -2.15. The first kappa shape index (κ1) is 28.2. The van der Waals surface area contributed by atoms with Gasteiger partial charge in [0.25, 0.3) is 0 Å². The summed E-state index contributed by atoms with van der Waals surface area (Å²) < 4.78 is 0. The predicted molar refractivity (Wildman–Crippen MR) is 200 cm³/mol. The summed E-state index contributed by atoms with van der Waals surface area (Å²) in [6.07, 6.45) is 7.12. The number of nitrogens with two attached hydrogens (primary N) is 1. The van der Waals surface area contributed by atoms with E-state index in [9.17, 15) is 0 Å². The van der Waals surface area contributed by atoms with E-state index in [1.807, 2.05) is 12.2 Å². The summed E-state index contributed by atoms with van der Waals surface area (Å²) in [5, 5.41) is 9.56. The number of hydrogen-bond donors (Lipinski definition) is 1. The fourth-order valence-electron chi connectivity index (χ4n) is 6.55. The Hall–Kier alpha value is -6.32. The molecule has 0 aliphatic heterocycles. The minimum absolute atomic E-state index is 0.672. The Morgan fingerprint density at radius 3 is 1.49 bits per heavy atom. The molecule has 2 N–H and O–H groups in total. The van der Waals surface area contributed by atoms with Gasteiger partial charge < -0.3 is 5.73 Å². The van der Waals surface area contributed by atoms with Crippen molar-refractivity contribution in [1.82, 2.24) is 9.97 Å². The van der Waals surface area contributed by atoms with Crippen LogP contribution in [0, 0.1) is 0 Å². The minimum atomic E-state index is 0.672. The van der Waals surface area contributed by atoms with Gasteiger partial charge in [0, 0.05) is 16.7 Å². The fraction of sp³-hybridized carbons (Fsp3) is 0. The lowest BCUT2D eigenvalue weighted by Crippen LogP contribution is -1.97. The molecule has 0 spiro atoms. The van der Waals surface area contributed by atoms with Gasteiger partial charge in [-0.15, -0.1) is 0 Å². The summed E-state index contributed by atoms with van der Waals surface area (Å²) in [5.41, 5.74) is 12.3. The molecule has 0 atom stereocenters. The molecule has 3 nitrogen and oxygen atoms in total. The van der Waals surface area contributed by atoms with Crippen LogP contribution in [0.2, 0.25) is 0 Å². The highest BCUT2D eigenvalue weighted by molar-refractivity contribution is 6.15. The minimum Gasteiger partial charge on any atom is -0.405 e. The van der Waals surface area contributed by atoms with E-state index in [2.05, 4.69) is 146 Å². The number of rotatable bonds is 6. The van der Waals surface area contributed by atoms with Crippen LogP contribution in [0.25, 0.3) is 82.6 Å². The molecule has 0 bridgehead atoms. The Kier molecular flexibility index (Phi) is 7.12. The van der Waals surface area contributed by atoms with E-state index in [1.165, 1.54) is 38.5 Å². The first-order valence-electron chi connectivity index (χ1n) is 15.7. The van der Waals surface area contributed by atoms with Crippen LogP contribution in [0.15, 0.2) is 171 Å². The number of hydrogen-bond acceptors (Lipinski definition) is 3. The molecule has 0 aliphatic carbocycles. The molecule has 0 unspecified atom stereocenters. The number of aromatic nitrogens is 2. The standard InChI is InChI=1S/C44H31N3/c1-29(12-10-11-25-45)30-21-23-31(24-22-30)44-46-42(40-26-32-13-2-4-15-34(32)36-17-6-8-19-38(36)40)28-43(47-44)41-27-33-14-3-5-16-35(33)37-18-7-9-20-39(37)41/h2-28H,1,45H2/b12-10-,25-11-. The van der Waals surface area contributed by atoms with Gasteiger partial charge in [0.2, 0.25) is 0 Å². The van der Waals surface area contributed by atoms with Gasteiger partial charge >= 0.3 is 0 Å². The maximum Gasteiger partial charge on any atom is 0.160 e. The van der Waals surface area contributed by atoms with Crippen molar-refractivity contribution in [2.75, 3.05) is 0 Å². The number of fused-ring (bicyclic) bond motifs is 6. The zero-order valence-corrected chi connectivity index (χ0v) is 25.8. The summed E-state index contributed by atoms with van der Waals surface area (Å²) >= 11 is 0. The van der Waals surface area contributed by atoms with Gasteiger partial charge in [0.15, 0.2) is 5.82 Å². The Balaban J connectivity index is 1.38. The molecular formula is C44H31N3. The average Bonchev–Trinajstić information content (AvgIpc) is 3.14. The molecule has 222 valence electrons. The smallest absolute Gasteiger partial charge is 0.160 e. The molecule has 0 aliphatic rings. The summed E-state index contributed by atoms with van der Waals surface area (Å²) in [6.45, 7) is 4.22. The van der Waals surface area contributed by atoms with Crippen LogP contribution in [0.3, 0.4) is 0 Å². The van der Waals surface area contributed by atoms with Gasteiger partial charge in [-0.3, -0.25) is 0 Å². The van der Waals surface area contributed by atoms with Crippen molar-refractivity contribution in [3.63, 3.8) is 0 Å². The highest BCUT2D eigenvalue weighted by Gasteiger charge is 2.17. The van der Waals surface area contributed by atoms with E-state index in [-0.39, 0.29) is 0 Å². The molecule has 1 aromatic heterocycles. The van der Waals surface area contributed by atoms with Crippen molar-refractivity contribution in [3.8, 4) is 33.9 Å². The summed E-state index contributed by atoms with van der Waals surface area (Å²) in [5.74, 6) is 0.672. The van der Waals surface area contributed by atoms with Gasteiger partial charge in [-0.2, -0.15) is 0 Å². The topological polar surface area (TPSA) is 51.8 Å². The quantitative estimate of drug-likeness (QED) is 0.152. The molecule has 0 radical (unpaired) electrons. The third kappa shape index (κ3) is 5.14. The van der Waals surface area contributed by atoms with Crippen molar-refractivity contribution < 1.29 is 0 Å². The second-order valence-corrected chi connectivity index (χ2v) is 11.7. The molecule has 0 amide bonds. The summed E-state index contributed by atoms with van der Waals surface area (Å²) in [6, 6.07) is 49.3. The molecule has 7 aromatic carbocycles. The van der Waals surface area contributed by atoms with Crippen molar-refractivity contribution in [1.29, 1.82) is 0 Å². The van der Waals surface area contributed by atoms with Crippen molar-refractivity contribution in [2.45, 2.75) is 0 Å². The first-order chi connectivity index (χ1) is 23.2. The fourth-order valence-corrected chi connectivity index (χ4v) is 6.55. The molecule has 3 heteroatoms. The summed E-state index contributed by atoms with van der Waals surface area (Å²) in [4.78, 5) is 10.5. The lowest BCUT2D eigenvalue weighted by atomic mass is 9.93. The lowest BCUT2D eigenvalue weighted by molar-refractivity contribution is 1.19. The monoisotopic (exact) mass is 601 g/mol. The van der Waals surface area contributed by atoms with Crippen molar-refractivity contribution in [3.05, 3.63) is 176 Å². The van der Waals surface area contributed by atoms with Gasteiger partial charge in [-0.1, -0.05) is 140 Å². The predicted octanol–water partition coefficient (Wildman–Crippen LogP) is 11.1. The maximum absolute atomic E-state index is 5.49. The van der Waals surface area contributed by atoms with Gasteiger partial charge in [-0.05, 0) is 84.7 Å². The Labute approximate surface area is 273 Å². The Bertz CT molecular complexity index is 2400. The molecule has 0 fully saturated rings. The van der Waals surface area contributed by atoms with Crippen molar-refractivity contribution >= 4 is 48.7 Å². The SMILES string of the molecule is C=C(/C=C\C=C/N)c1ccc(-c2nc(-c3cc4ccccc4c4ccccc34)cc(-c3cc4ccccc4c4ccccc34)n2)cc1. The molecule has 8 aromatic rings. The largest absolute Gasteiger partial charge is 0.405 e. The van der Waals surface area contributed by atoms with E-state index >= 15 is 0 Å². The third-order valence-electron chi connectivity index (χ3n) is 8.85. The molecular weight excluding hydrogens is 571 g/mol. The third-order valence-corrected chi connectivity index (χ3v) is 8.85. The van der Waals surface area contributed by atoms with Gasteiger partial charge in [0.05, 0.1) is 11.4 Å². The zero-order valence-electron chi connectivity index (χ0n) is 25.8. The van der Waals surface area contributed by atoms with E-state index in [1.54, 1.807) is 6.08 Å². The number of nitrogens with zero attached hydrogens (tertiary/aromatic N) is 2. The molecule has 1 heterocycles. The highest BCUT2D eigenvalue weighted by Crippen LogP contribution is 2.39. The van der Waals surface area contributed by atoms with E-state index in [0.29, 0.717) is 5.82 Å². The molecule has 0 saturated carbocycles. The first-order valence-corrected chi connectivity index (χ1v) is 15.7. The maximum atomic E-state index is 5.49. The number of allylic oxidation sites excluding steroid dienone is 4. The van der Waals surface area contributed by atoms with Gasteiger partial charge in [0.1, 0.15) is 0 Å². The normalized spacial score (nSPS) is 11.8. The molecule has 8 rings (SSSR count). The van der Waals surface area contributed by atoms with Crippen LogP contribution in [-0.4, -0.2) is 9.97 Å².